The zero-order valence-corrected chi connectivity index (χ0v) is 14.8. The molecule has 0 saturated carbocycles. The Morgan fingerprint density at radius 2 is 1.09 bits per heavy atom. The van der Waals surface area contributed by atoms with Crippen molar-refractivity contribution in [2.75, 3.05) is 6.61 Å². The predicted octanol–water partition coefficient (Wildman–Crippen LogP) is 4.25. The highest BCUT2D eigenvalue weighted by atomic mass is 16.3. The van der Waals surface area contributed by atoms with Crippen molar-refractivity contribution in [1.82, 2.24) is 0 Å². The molecule has 2 aromatic rings. The summed E-state index contributed by atoms with van der Waals surface area (Å²) in [6.07, 6.45) is 1.65. The molecule has 126 valence electrons. The lowest BCUT2D eigenvalue weighted by Crippen LogP contribution is -2.21. The summed E-state index contributed by atoms with van der Waals surface area (Å²) in [6, 6.07) is 20.3. The molecule has 0 atom stereocenters. The van der Waals surface area contributed by atoms with E-state index in [9.17, 15) is 5.11 Å². The van der Waals surface area contributed by atoms with Crippen LogP contribution in [-0.4, -0.2) is 22.4 Å². The van der Waals surface area contributed by atoms with Crippen molar-refractivity contribution in [1.29, 1.82) is 0 Å². The molecule has 2 nitrogen and oxygen atoms in total. The lowest BCUT2D eigenvalue weighted by molar-refractivity contribution is 0.0810. The van der Waals surface area contributed by atoms with Crippen molar-refractivity contribution >= 4 is 0 Å². The van der Waals surface area contributed by atoms with E-state index in [1.54, 1.807) is 0 Å². The lowest BCUT2D eigenvalue weighted by atomic mass is 9.87. The van der Waals surface area contributed by atoms with Crippen LogP contribution >= 0.6 is 0 Å². The topological polar surface area (TPSA) is 40.5 Å². The summed E-state index contributed by atoms with van der Waals surface area (Å²) in [5.74, 6) is 0. The van der Waals surface area contributed by atoms with Gasteiger partial charge in [0.1, 0.15) is 0 Å². The molecule has 0 aromatic heterocycles. The molecule has 2 heteroatoms. The van der Waals surface area contributed by atoms with Crippen LogP contribution in [0.2, 0.25) is 0 Å². The van der Waals surface area contributed by atoms with Gasteiger partial charge in [-0.2, -0.15) is 0 Å². The van der Waals surface area contributed by atoms with E-state index in [4.69, 9.17) is 5.11 Å². The van der Waals surface area contributed by atoms with Gasteiger partial charge in [0, 0.05) is 13.0 Å². The SMILES string of the molecule is CC(C)(CO)Cc1ccccc1.CC(C)(O)Cc1ccccc1. The molecule has 0 aliphatic heterocycles. The Morgan fingerprint density at radius 3 is 1.43 bits per heavy atom. The smallest absolute Gasteiger partial charge is 0.0631 e. The van der Waals surface area contributed by atoms with Crippen LogP contribution in [-0.2, 0) is 12.8 Å². The minimum atomic E-state index is -0.596. The molecule has 0 bridgehead atoms. The van der Waals surface area contributed by atoms with E-state index in [-0.39, 0.29) is 12.0 Å². The molecule has 0 radical (unpaired) electrons. The predicted molar refractivity (Wildman–Crippen MR) is 97.5 cm³/mol. The van der Waals surface area contributed by atoms with Gasteiger partial charge in [-0.05, 0) is 36.8 Å². The van der Waals surface area contributed by atoms with Crippen LogP contribution in [0.15, 0.2) is 60.7 Å². The maximum absolute atomic E-state index is 9.47. The van der Waals surface area contributed by atoms with Crippen LogP contribution < -0.4 is 0 Å². The molecule has 0 aliphatic rings. The second kappa shape index (κ2) is 8.85. The van der Waals surface area contributed by atoms with Crippen LogP contribution in [0.5, 0.6) is 0 Å². The Bertz CT molecular complexity index is 539. The normalized spacial score (nSPS) is 11.6. The number of benzene rings is 2. The van der Waals surface area contributed by atoms with Gasteiger partial charge in [0.2, 0.25) is 0 Å². The molecule has 0 saturated heterocycles. The second-order valence-electron chi connectivity index (χ2n) is 7.46. The Hall–Kier alpha value is -1.64. The van der Waals surface area contributed by atoms with E-state index in [0.717, 1.165) is 6.42 Å². The Labute approximate surface area is 140 Å². The summed E-state index contributed by atoms with van der Waals surface area (Å²) in [4.78, 5) is 0. The van der Waals surface area contributed by atoms with Gasteiger partial charge in [-0.15, -0.1) is 0 Å². The average molecular weight is 314 g/mol. The van der Waals surface area contributed by atoms with E-state index in [1.165, 1.54) is 11.1 Å². The monoisotopic (exact) mass is 314 g/mol. The van der Waals surface area contributed by atoms with Gasteiger partial charge in [-0.25, -0.2) is 0 Å². The van der Waals surface area contributed by atoms with Gasteiger partial charge < -0.3 is 10.2 Å². The molecule has 0 heterocycles. The fraction of sp³-hybridized carbons (Fsp3) is 0.429. The quantitative estimate of drug-likeness (QED) is 0.866. The summed E-state index contributed by atoms with van der Waals surface area (Å²) in [5.41, 5.74) is 1.87. The molecular weight excluding hydrogens is 284 g/mol. The zero-order valence-electron chi connectivity index (χ0n) is 14.8. The molecule has 2 rings (SSSR count). The molecule has 2 N–H and O–H groups in total. The first kappa shape index (κ1) is 19.4. The fourth-order valence-electron chi connectivity index (χ4n) is 2.30. The summed E-state index contributed by atoms with van der Waals surface area (Å²) in [7, 11) is 0. The van der Waals surface area contributed by atoms with Crippen molar-refractivity contribution in [3.05, 3.63) is 71.8 Å². The Kier molecular flexibility index (Phi) is 7.47. The number of hydrogen-bond acceptors (Lipinski definition) is 2. The molecule has 23 heavy (non-hydrogen) atoms. The third kappa shape index (κ3) is 9.17. The van der Waals surface area contributed by atoms with Crippen LogP contribution in [0.25, 0.3) is 0 Å². The van der Waals surface area contributed by atoms with Gasteiger partial charge in [-0.3, -0.25) is 0 Å². The van der Waals surface area contributed by atoms with Crippen molar-refractivity contribution in [3.63, 3.8) is 0 Å². The van der Waals surface area contributed by atoms with Gasteiger partial charge in [-0.1, -0.05) is 74.5 Å². The third-order valence-corrected chi connectivity index (χ3v) is 3.43. The number of hydrogen-bond donors (Lipinski definition) is 2. The number of aliphatic hydroxyl groups excluding tert-OH is 1. The van der Waals surface area contributed by atoms with E-state index in [0.29, 0.717) is 6.42 Å². The summed E-state index contributed by atoms with van der Waals surface area (Å²) >= 11 is 0. The summed E-state index contributed by atoms with van der Waals surface area (Å²) in [5, 5.41) is 18.5. The van der Waals surface area contributed by atoms with E-state index >= 15 is 0 Å². The average Bonchev–Trinajstić information content (AvgIpc) is 2.48. The Balaban J connectivity index is 0.000000231. The molecule has 0 fully saturated rings. The molecule has 0 aliphatic carbocycles. The largest absolute Gasteiger partial charge is 0.396 e. The van der Waals surface area contributed by atoms with E-state index < -0.39 is 5.60 Å². The zero-order chi connectivity index (χ0) is 17.3. The molecular formula is C21H30O2. The first-order valence-corrected chi connectivity index (χ1v) is 8.13. The molecule has 0 spiro atoms. The highest BCUT2D eigenvalue weighted by molar-refractivity contribution is 5.16. The van der Waals surface area contributed by atoms with E-state index in [2.05, 4.69) is 26.0 Å². The van der Waals surface area contributed by atoms with Crippen LogP contribution in [0.3, 0.4) is 0 Å². The summed E-state index contributed by atoms with van der Waals surface area (Å²) < 4.78 is 0. The highest BCUT2D eigenvalue weighted by Crippen LogP contribution is 2.20. The molecule has 0 unspecified atom stereocenters. The van der Waals surface area contributed by atoms with Crippen LogP contribution in [0.4, 0.5) is 0 Å². The minimum Gasteiger partial charge on any atom is -0.396 e. The van der Waals surface area contributed by atoms with Crippen molar-refractivity contribution in [2.45, 2.75) is 46.1 Å². The van der Waals surface area contributed by atoms with Gasteiger partial charge >= 0.3 is 0 Å². The maximum atomic E-state index is 9.47. The summed E-state index contributed by atoms with van der Waals surface area (Å²) in [6.45, 7) is 8.02. The second-order valence-corrected chi connectivity index (χ2v) is 7.46. The number of rotatable bonds is 5. The molecule has 0 amide bonds. The number of aliphatic hydroxyl groups is 2. The molecule has 2 aromatic carbocycles. The third-order valence-electron chi connectivity index (χ3n) is 3.43. The van der Waals surface area contributed by atoms with Crippen LogP contribution in [0.1, 0.15) is 38.8 Å². The highest BCUT2D eigenvalue weighted by Gasteiger charge is 2.16. The van der Waals surface area contributed by atoms with E-state index in [1.807, 2.05) is 62.4 Å². The first-order chi connectivity index (χ1) is 10.7. The lowest BCUT2D eigenvalue weighted by Gasteiger charge is -2.21. The van der Waals surface area contributed by atoms with Gasteiger partial charge in [0.15, 0.2) is 0 Å². The first-order valence-electron chi connectivity index (χ1n) is 8.13. The van der Waals surface area contributed by atoms with Crippen molar-refractivity contribution < 1.29 is 10.2 Å². The van der Waals surface area contributed by atoms with Crippen LogP contribution in [0, 0.1) is 5.41 Å². The van der Waals surface area contributed by atoms with Gasteiger partial charge in [0.25, 0.3) is 0 Å². The maximum Gasteiger partial charge on any atom is 0.0631 e. The van der Waals surface area contributed by atoms with Gasteiger partial charge in [0.05, 0.1) is 5.60 Å². The fourth-order valence-corrected chi connectivity index (χ4v) is 2.30. The van der Waals surface area contributed by atoms with Crippen molar-refractivity contribution in [3.8, 4) is 0 Å². The standard InChI is InChI=1S/C11H16O.C10H14O/c1-11(2,9-12)8-10-6-4-3-5-7-10;1-10(2,11)8-9-6-4-3-5-7-9/h3-7,12H,8-9H2,1-2H3;3-7,11H,8H2,1-2H3. The Morgan fingerprint density at radius 1 is 0.696 bits per heavy atom. The minimum absolute atomic E-state index is 0.00134. The van der Waals surface area contributed by atoms with Crippen molar-refractivity contribution in [2.24, 2.45) is 5.41 Å².